The molecule has 0 atom stereocenters. The van der Waals surface area contributed by atoms with Gasteiger partial charge >= 0.3 is 35.5 Å². The van der Waals surface area contributed by atoms with E-state index in [1.807, 2.05) is 0 Å². The molecule has 6 heteroatoms. The van der Waals surface area contributed by atoms with E-state index >= 15 is 0 Å². The fourth-order valence-corrected chi connectivity index (χ4v) is 1.22. The third-order valence-electron chi connectivity index (χ3n) is 2.11. The van der Waals surface area contributed by atoms with Gasteiger partial charge in [0.25, 0.3) is 0 Å². The Morgan fingerprint density at radius 1 is 1.26 bits per heavy atom. The summed E-state index contributed by atoms with van der Waals surface area (Å²) in [6, 6.07) is 6.21. The second-order valence-electron chi connectivity index (χ2n) is 3.32. The summed E-state index contributed by atoms with van der Waals surface area (Å²) in [6.07, 6.45) is 0.722. The van der Waals surface area contributed by atoms with E-state index in [1.165, 1.54) is 19.2 Å². The average molecular weight is 272 g/mol. The van der Waals surface area contributed by atoms with Crippen LogP contribution in [0.1, 0.15) is 17.3 Å². The van der Waals surface area contributed by atoms with Crippen LogP contribution < -0.4 is 39.4 Å². The van der Waals surface area contributed by atoms with E-state index in [-0.39, 0.29) is 36.2 Å². The monoisotopic (exact) mass is 272 g/mol. The molecule has 19 heavy (non-hydrogen) atoms. The van der Waals surface area contributed by atoms with E-state index in [1.54, 1.807) is 19.1 Å². The maximum atomic E-state index is 11.6. The fraction of sp³-hybridized carbons (Fsp3) is 0.231. The summed E-state index contributed by atoms with van der Waals surface area (Å²) in [5, 5.41) is 11.3. The first kappa shape index (κ1) is 17.7. The van der Waals surface area contributed by atoms with Crippen LogP contribution in [0.3, 0.4) is 0 Å². The molecule has 0 unspecified atom stereocenters. The molecule has 0 aliphatic rings. The molecule has 96 valence electrons. The van der Waals surface area contributed by atoms with Crippen LogP contribution in [0.25, 0.3) is 0 Å². The van der Waals surface area contributed by atoms with Crippen LogP contribution in [0.2, 0.25) is 0 Å². The third-order valence-corrected chi connectivity index (χ3v) is 2.11. The van der Waals surface area contributed by atoms with Crippen LogP contribution in [-0.2, 0) is 9.53 Å². The number of rotatable bonds is 5. The van der Waals surface area contributed by atoms with E-state index in [9.17, 15) is 14.7 Å². The van der Waals surface area contributed by atoms with Crippen molar-refractivity contribution in [3.63, 3.8) is 0 Å². The summed E-state index contributed by atoms with van der Waals surface area (Å²) in [7, 11) is 1.51. The normalized spacial score (nSPS) is 10.3. The Labute approximate surface area is 133 Å². The zero-order valence-electron chi connectivity index (χ0n) is 11.1. The van der Waals surface area contributed by atoms with E-state index in [4.69, 9.17) is 4.74 Å². The summed E-state index contributed by atoms with van der Waals surface area (Å²) in [5.74, 6) is -1.93. The number of ether oxygens (including phenoxy) is 2. The Balaban J connectivity index is 0.00000324. The van der Waals surface area contributed by atoms with Gasteiger partial charge in [0, 0.05) is 5.56 Å². The van der Waals surface area contributed by atoms with Gasteiger partial charge in [-0.1, -0.05) is 0 Å². The minimum atomic E-state index is -1.03. The van der Waals surface area contributed by atoms with Crippen LogP contribution in [0.5, 0.6) is 5.75 Å². The van der Waals surface area contributed by atoms with E-state index in [2.05, 4.69) is 4.74 Å². The number of benzene rings is 1. The molecule has 1 aromatic rings. The second kappa shape index (κ2) is 8.74. The number of esters is 1. The van der Waals surface area contributed by atoms with Gasteiger partial charge in [-0.25, -0.2) is 4.79 Å². The predicted molar refractivity (Wildman–Crippen MR) is 62.0 cm³/mol. The van der Waals surface area contributed by atoms with Gasteiger partial charge in [0.05, 0.1) is 13.7 Å². The smallest absolute Gasteiger partial charge is 0.867 e. The average Bonchev–Trinajstić information content (AvgIpc) is 2.39. The number of hydrogen-bond acceptors (Lipinski definition) is 5. The zero-order valence-corrected chi connectivity index (χ0v) is 13.1. The van der Waals surface area contributed by atoms with Gasteiger partial charge in [-0.2, -0.15) is 0 Å². The van der Waals surface area contributed by atoms with Crippen molar-refractivity contribution in [3.05, 3.63) is 41.7 Å². The fourth-order valence-electron chi connectivity index (χ4n) is 1.22. The topological polar surface area (TPSA) is 75.7 Å². The Kier molecular flexibility index (Phi) is 8.14. The zero-order chi connectivity index (χ0) is 13.5. The number of carbonyl (C=O) groups excluding carboxylic acids is 2. The standard InChI is InChI=1S/C13H14O5.Na/c1-3-18-13(16)12(15)8-11(14)9-4-6-10(17-2)7-5-9;/h4-8,15H,3H2,1-2H3;/q;+1/p-1/b12-8-;. The predicted octanol–water partition coefficient (Wildman–Crippen LogP) is -2.31. The summed E-state index contributed by atoms with van der Waals surface area (Å²) in [4.78, 5) is 22.7. The van der Waals surface area contributed by atoms with Gasteiger partial charge < -0.3 is 14.6 Å². The van der Waals surface area contributed by atoms with Gasteiger partial charge in [-0.05, 0) is 43.0 Å². The van der Waals surface area contributed by atoms with Gasteiger partial charge in [0.15, 0.2) is 5.78 Å². The molecule has 5 nitrogen and oxygen atoms in total. The van der Waals surface area contributed by atoms with Crippen LogP contribution in [0, 0.1) is 0 Å². The molecular formula is C13H13NaO5. The summed E-state index contributed by atoms with van der Waals surface area (Å²) >= 11 is 0. The van der Waals surface area contributed by atoms with Crippen molar-refractivity contribution in [3.8, 4) is 5.75 Å². The summed E-state index contributed by atoms with van der Waals surface area (Å²) in [5.41, 5.74) is 0.299. The molecule has 0 aromatic heterocycles. The quantitative estimate of drug-likeness (QED) is 0.198. The van der Waals surface area contributed by atoms with E-state index in [0.717, 1.165) is 6.08 Å². The van der Waals surface area contributed by atoms with Crippen molar-refractivity contribution in [2.45, 2.75) is 6.92 Å². The minimum absolute atomic E-state index is 0. The van der Waals surface area contributed by atoms with Crippen LogP contribution in [0.15, 0.2) is 36.1 Å². The Morgan fingerprint density at radius 3 is 2.32 bits per heavy atom. The molecular weight excluding hydrogens is 259 g/mol. The first-order valence-corrected chi connectivity index (χ1v) is 5.32. The van der Waals surface area contributed by atoms with Crippen molar-refractivity contribution in [1.82, 2.24) is 0 Å². The van der Waals surface area contributed by atoms with E-state index < -0.39 is 17.5 Å². The van der Waals surface area contributed by atoms with Gasteiger partial charge in [-0.15, -0.1) is 0 Å². The first-order chi connectivity index (χ1) is 8.58. The molecule has 1 aromatic carbocycles. The second-order valence-corrected chi connectivity index (χ2v) is 3.32. The molecule has 0 radical (unpaired) electrons. The third kappa shape index (κ3) is 5.46. The number of hydrogen-bond donors (Lipinski definition) is 0. The summed E-state index contributed by atoms with van der Waals surface area (Å²) < 4.78 is 9.42. The minimum Gasteiger partial charge on any atom is -0.867 e. The van der Waals surface area contributed by atoms with Crippen molar-refractivity contribution in [2.24, 2.45) is 0 Å². The van der Waals surface area contributed by atoms with Crippen LogP contribution in [0.4, 0.5) is 0 Å². The molecule has 0 spiro atoms. The van der Waals surface area contributed by atoms with Gasteiger partial charge in [-0.3, -0.25) is 4.79 Å². The molecule has 0 saturated heterocycles. The molecule has 0 saturated carbocycles. The molecule has 0 aliphatic heterocycles. The first-order valence-electron chi connectivity index (χ1n) is 5.32. The van der Waals surface area contributed by atoms with Crippen molar-refractivity contribution < 1.29 is 53.7 Å². The van der Waals surface area contributed by atoms with Crippen LogP contribution >= 0.6 is 0 Å². The number of allylic oxidation sites excluding steroid dienone is 1. The molecule has 1 rings (SSSR count). The number of methoxy groups -OCH3 is 1. The van der Waals surface area contributed by atoms with Gasteiger partial charge in [0.1, 0.15) is 5.75 Å². The maximum Gasteiger partial charge on any atom is 1.00 e. The number of carbonyl (C=O) groups is 2. The Bertz CT molecular complexity index is 464. The molecule has 0 bridgehead atoms. The Morgan fingerprint density at radius 2 is 1.84 bits per heavy atom. The Hall–Kier alpha value is -1.30. The van der Waals surface area contributed by atoms with Crippen LogP contribution in [-0.4, -0.2) is 25.5 Å². The maximum absolute atomic E-state index is 11.6. The van der Waals surface area contributed by atoms with E-state index in [0.29, 0.717) is 11.3 Å². The van der Waals surface area contributed by atoms with Gasteiger partial charge in [0.2, 0.25) is 0 Å². The number of ketones is 1. The van der Waals surface area contributed by atoms with Crippen molar-refractivity contribution >= 4 is 11.8 Å². The molecule has 0 amide bonds. The molecule has 0 aliphatic carbocycles. The molecule has 0 fully saturated rings. The molecule has 0 heterocycles. The SMILES string of the molecule is CCOC(=O)/C([O-])=C/C(=O)c1ccc(OC)cc1.[Na+]. The van der Waals surface area contributed by atoms with Crippen molar-refractivity contribution in [2.75, 3.05) is 13.7 Å². The molecule has 0 N–H and O–H groups in total. The largest absolute Gasteiger partial charge is 1.00 e. The summed E-state index contributed by atoms with van der Waals surface area (Å²) in [6.45, 7) is 1.67. The van der Waals surface area contributed by atoms with Crippen molar-refractivity contribution in [1.29, 1.82) is 0 Å².